The molecule has 2 saturated heterocycles. The summed E-state index contributed by atoms with van der Waals surface area (Å²) in [5, 5.41) is 0. The molecular formula is C13H16N2O. The van der Waals surface area contributed by atoms with Gasteiger partial charge in [0, 0.05) is 25.3 Å². The third kappa shape index (κ3) is 1.25. The van der Waals surface area contributed by atoms with Crippen molar-refractivity contribution in [3.8, 4) is 0 Å². The van der Waals surface area contributed by atoms with Crippen LogP contribution in [0.15, 0.2) is 24.4 Å². The third-order valence-electron chi connectivity index (χ3n) is 4.15. The van der Waals surface area contributed by atoms with E-state index in [1.165, 1.54) is 19.4 Å². The molecule has 0 amide bonds. The molecule has 0 aromatic carbocycles. The topological polar surface area (TPSA) is 28.7 Å². The normalized spacial score (nSPS) is 38.1. The molecule has 1 aromatic rings. The molecule has 0 spiro atoms. The van der Waals surface area contributed by atoms with Crippen molar-refractivity contribution in [1.82, 2.24) is 9.88 Å². The summed E-state index contributed by atoms with van der Waals surface area (Å²) in [5.74, 6) is 0. The van der Waals surface area contributed by atoms with Crippen LogP contribution in [0.2, 0.25) is 0 Å². The summed E-state index contributed by atoms with van der Waals surface area (Å²) in [6.45, 7) is 2.29. The van der Waals surface area contributed by atoms with Gasteiger partial charge in [-0.25, -0.2) is 0 Å². The van der Waals surface area contributed by atoms with Crippen molar-refractivity contribution in [3.05, 3.63) is 30.1 Å². The summed E-state index contributed by atoms with van der Waals surface area (Å²) < 4.78 is 5.96. The van der Waals surface area contributed by atoms with Crippen LogP contribution in [0.3, 0.4) is 0 Å². The zero-order chi connectivity index (χ0) is 10.6. The van der Waals surface area contributed by atoms with Crippen molar-refractivity contribution in [1.29, 1.82) is 0 Å². The average Bonchev–Trinajstić information content (AvgIpc) is 3.22. The maximum absolute atomic E-state index is 5.96. The van der Waals surface area contributed by atoms with Crippen molar-refractivity contribution in [2.24, 2.45) is 0 Å². The number of fused-ring (bicyclic) bond motifs is 1. The van der Waals surface area contributed by atoms with Crippen LogP contribution in [0.25, 0.3) is 0 Å². The minimum absolute atomic E-state index is 0.0212. The third-order valence-corrected chi connectivity index (χ3v) is 4.15. The first-order valence-electron chi connectivity index (χ1n) is 6.22. The van der Waals surface area contributed by atoms with Crippen molar-refractivity contribution >= 4 is 0 Å². The fourth-order valence-corrected chi connectivity index (χ4v) is 2.98. The molecule has 2 atom stereocenters. The number of hydrogen-bond donors (Lipinski definition) is 0. The summed E-state index contributed by atoms with van der Waals surface area (Å²) in [7, 11) is 0. The van der Waals surface area contributed by atoms with E-state index in [4.69, 9.17) is 4.74 Å². The summed E-state index contributed by atoms with van der Waals surface area (Å²) in [6, 6.07) is 7.00. The Balaban J connectivity index is 1.55. The molecule has 0 N–H and O–H groups in total. The van der Waals surface area contributed by atoms with Crippen LogP contribution >= 0.6 is 0 Å². The van der Waals surface area contributed by atoms with Crippen LogP contribution in [0.4, 0.5) is 0 Å². The van der Waals surface area contributed by atoms with E-state index >= 15 is 0 Å². The largest absolute Gasteiger partial charge is 0.358 e. The Kier molecular flexibility index (Phi) is 1.74. The van der Waals surface area contributed by atoms with E-state index in [-0.39, 0.29) is 5.60 Å². The van der Waals surface area contributed by atoms with Crippen LogP contribution in [0, 0.1) is 0 Å². The summed E-state index contributed by atoms with van der Waals surface area (Å²) in [4.78, 5) is 7.05. The molecule has 1 aromatic heterocycles. The number of epoxide rings is 1. The number of rotatable bonds is 2. The number of nitrogens with zero attached hydrogens (tertiary/aromatic N) is 2. The Hall–Kier alpha value is -0.930. The van der Waals surface area contributed by atoms with Gasteiger partial charge in [-0.05, 0) is 31.4 Å². The Morgan fingerprint density at radius 2 is 2.31 bits per heavy atom. The van der Waals surface area contributed by atoms with Gasteiger partial charge in [0.25, 0.3) is 0 Å². The summed E-state index contributed by atoms with van der Waals surface area (Å²) in [6.07, 6.45) is 6.17. The number of likely N-dealkylation sites (tertiary alicyclic amines) is 1. The van der Waals surface area contributed by atoms with Gasteiger partial charge in [0.2, 0.25) is 0 Å². The zero-order valence-electron chi connectivity index (χ0n) is 9.30. The Bertz CT molecular complexity index is 404. The molecule has 4 rings (SSSR count). The van der Waals surface area contributed by atoms with E-state index in [9.17, 15) is 0 Å². The summed E-state index contributed by atoms with van der Waals surface area (Å²) in [5.41, 5.74) is 1.11. The van der Waals surface area contributed by atoms with Crippen molar-refractivity contribution in [3.63, 3.8) is 0 Å². The fourth-order valence-electron chi connectivity index (χ4n) is 2.98. The smallest absolute Gasteiger partial charge is 0.139 e. The molecule has 3 nitrogen and oxygen atoms in total. The Labute approximate surface area is 95.4 Å². The van der Waals surface area contributed by atoms with Gasteiger partial charge in [0.05, 0.1) is 5.69 Å². The molecule has 1 saturated carbocycles. The minimum Gasteiger partial charge on any atom is -0.358 e. The van der Waals surface area contributed by atoms with Gasteiger partial charge in [-0.1, -0.05) is 6.07 Å². The lowest BCUT2D eigenvalue weighted by Crippen LogP contribution is -2.39. The zero-order valence-corrected chi connectivity index (χ0v) is 9.30. The number of piperidine rings is 1. The van der Waals surface area contributed by atoms with E-state index in [1.807, 2.05) is 12.3 Å². The lowest BCUT2D eigenvalue weighted by atomic mass is 9.92. The van der Waals surface area contributed by atoms with Gasteiger partial charge in [-0.2, -0.15) is 0 Å². The molecule has 0 unspecified atom stereocenters. The van der Waals surface area contributed by atoms with Gasteiger partial charge in [-0.15, -0.1) is 0 Å². The second-order valence-electron chi connectivity index (χ2n) is 5.19. The summed E-state index contributed by atoms with van der Waals surface area (Å²) >= 11 is 0. The van der Waals surface area contributed by atoms with Crippen molar-refractivity contribution < 1.29 is 4.74 Å². The van der Waals surface area contributed by atoms with E-state index in [0.717, 1.165) is 24.7 Å². The van der Waals surface area contributed by atoms with Crippen molar-refractivity contribution in [2.75, 3.05) is 13.1 Å². The van der Waals surface area contributed by atoms with E-state index in [2.05, 4.69) is 22.0 Å². The number of pyridine rings is 1. The minimum atomic E-state index is -0.0212. The second-order valence-corrected chi connectivity index (χ2v) is 5.19. The molecule has 1 aliphatic carbocycles. The average molecular weight is 216 g/mol. The predicted octanol–water partition coefficient (Wildman–Crippen LogP) is 1.54. The standard InChI is InChI=1S/C13H16N2O/c1-2-7-14-11(3-1)13-6-8-15(10-4-5-10)9-12(13)16-13/h1-3,7,10,12H,4-6,8-9H2/t12-,13+/m1/s1. The molecule has 16 heavy (non-hydrogen) atoms. The number of ether oxygens (including phenoxy) is 1. The van der Waals surface area contributed by atoms with E-state index in [0.29, 0.717) is 6.10 Å². The van der Waals surface area contributed by atoms with Crippen LogP contribution in [-0.4, -0.2) is 35.1 Å². The Morgan fingerprint density at radius 1 is 1.38 bits per heavy atom. The number of hydrogen-bond acceptors (Lipinski definition) is 3. The van der Waals surface area contributed by atoms with Crippen LogP contribution in [0.1, 0.15) is 25.0 Å². The first kappa shape index (κ1) is 9.14. The second kappa shape index (κ2) is 3.05. The molecule has 0 bridgehead atoms. The van der Waals surface area contributed by atoms with Gasteiger partial charge in [0.15, 0.2) is 0 Å². The van der Waals surface area contributed by atoms with Gasteiger partial charge < -0.3 is 4.74 Å². The predicted molar refractivity (Wildman–Crippen MR) is 60.0 cm³/mol. The molecule has 0 radical (unpaired) electrons. The van der Waals surface area contributed by atoms with Crippen LogP contribution < -0.4 is 0 Å². The highest BCUT2D eigenvalue weighted by molar-refractivity contribution is 5.24. The van der Waals surface area contributed by atoms with Gasteiger partial charge in [-0.3, -0.25) is 9.88 Å². The molecule has 3 fully saturated rings. The molecule has 84 valence electrons. The van der Waals surface area contributed by atoms with E-state index < -0.39 is 0 Å². The SMILES string of the molecule is c1ccc([C@@]23CCN(C4CC4)C[C@H]2O3)nc1. The quantitative estimate of drug-likeness (QED) is 0.702. The van der Waals surface area contributed by atoms with Crippen LogP contribution in [0.5, 0.6) is 0 Å². The molecular weight excluding hydrogens is 200 g/mol. The highest BCUT2D eigenvalue weighted by Crippen LogP contribution is 2.52. The molecule has 3 aliphatic rings. The lowest BCUT2D eigenvalue weighted by molar-refractivity contribution is 0.214. The fraction of sp³-hybridized carbons (Fsp3) is 0.615. The first-order valence-corrected chi connectivity index (χ1v) is 6.22. The lowest BCUT2D eigenvalue weighted by Gasteiger charge is -2.27. The maximum Gasteiger partial charge on any atom is 0.139 e. The Morgan fingerprint density at radius 3 is 3.00 bits per heavy atom. The highest BCUT2D eigenvalue weighted by Gasteiger charge is 2.61. The van der Waals surface area contributed by atoms with Crippen LogP contribution in [-0.2, 0) is 10.3 Å². The van der Waals surface area contributed by atoms with Gasteiger partial charge in [0.1, 0.15) is 11.7 Å². The number of aromatic nitrogens is 1. The van der Waals surface area contributed by atoms with Crippen molar-refractivity contribution in [2.45, 2.75) is 37.0 Å². The highest BCUT2D eigenvalue weighted by atomic mass is 16.6. The maximum atomic E-state index is 5.96. The van der Waals surface area contributed by atoms with Gasteiger partial charge >= 0.3 is 0 Å². The molecule has 3 heteroatoms. The molecule has 2 aliphatic heterocycles. The monoisotopic (exact) mass is 216 g/mol. The van der Waals surface area contributed by atoms with E-state index in [1.54, 1.807) is 0 Å². The first-order chi connectivity index (χ1) is 7.88. The molecule has 3 heterocycles.